The van der Waals surface area contributed by atoms with Crippen molar-refractivity contribution in [3.63, 3.8) is 0 Å². The lowest BCUT2D eigenvalue weighted by Crippen LogP contribution is -2.38. The maximum atomic E-state index is 12.5. The lowest BCUT2D eigenvalue weighted by Gasteiger charge is -2.26. The molecular formula is C14H27N3O2S. The molecule has 0 aromatic carbocycles. The highest BCUT2D eigenvalue weighted by atomic mass is 32.2. The maximum Gasteiger partial charge on any atom is 0.244 e. The van der Waals surface area contributed by atoms with E-state index in [4.69, 9.17) is 0 Å². The summed E-state index contributed by atoms with van der Waals surface area (Å²) in [6, 6.07) is 2.03. The summed E-state index contributed by atoms with van der Waals surface area (Å²) in [5.41, 5.74) is 0.878. The normalized spacial score (nSPS) is 14.4. The van der Waals surface area contributed by atoms with Crippen molar-refractivity contribution in [1.29, 1.82) is 0 Å². The Kier molecular flexibility index (Phi) is 5.79. The number of aromatic amines is 1. The van der Waals surface area contributed by atoms with Gasteiger partial charge in [0.05, 0.1) is 4.90 Å². The molecule has 1 heterocycles. The van der Waals surface area contributed by atoms with E-state index in [0.29, 0.717) is 17.5 Å². The Hall–Kier alpha value is -0.850. The van der Waals surface area contributed by atoms with Crippen LogP contribution in [0.3, 0.4) is 0 Å². The zero-order valence-corrected chi connectivity index (χ0v) is 14.1. The molecule has 1 atom stereocenters. The van der Waals surface area contributed by atoms with E-state index in [-0.39, 0.29) is 12.0 Å². The van der Waals surface area contributed by atoms with E-state index in [2.05, 4.69) is 24.1 Å². The molecule has 1 rings (SSSR count). The molecule has 0 radical (unpaired) electrons. The van der Waals surface area contributed by atoms with E-state index in [1.807, 2.05) is 20.8 Å². The molecule has 0 aliphatic carbocycles. The Labute approximate surface area is 122 Å². The lowest BCUT2D eigenvalue weighted by atomic mass is 10.1. The number of hydrogen-bond acceptors (Lipinski definition) is 3. The third-order valence-corrected chi connectivity index (χ3v) is 5.55. The minimum Gasteiger partial charge on any atom is -0.363 e. The Morgan fingerprint density at radius 3 is 2.35 bits per heavy atom. The van der Waals surface area contributed by atoms with Gasteiger partial charge in [0.25, 0.3) is 0 Å². The molecule has 0 aliphatic rings. The number of hydrogen-bond donors (Lipinski definition) is 2. The van der Waals surface area contributed by atoms with Crippen LogP contribution in [0.25, 0.3) is 0 Å². The number of H-pyrrole nitrogens is 1. The van der Waals surface area contributed by atoms with Crippen molar-refractivity contribution in [1.82, 2.24) is 14.6 Å². The minimum absolute atomic E-state index is 0.0351. The summed E-state index contributed by atoms with van der Waals surface area (Å²) >= 11 is 0. The summed E-state index contributed by atoms with van der Waals surface area (Å²) in [6.45, 7) is 10.7. The molecule has 0 aliphatic heterocycles. The zero-order chi connectivity index (χ0) is 15.5. The molecule has 0 spiro atoms. The van der Waals surface area contributed by atoms with Crippen molar-refractivity contribution >= 4 is 10.0 Å². The van der Waals surface area contributed by atoms with Gasteiger partial charge in [-0.25, -0.2) is 8.42 Å². The molecule has 1 aromatic heterocycles. The van der Waals surface area contributed by atoms with E-state index in [0.717, 1.165) is 5.69 Å². The number of sulfonamides is 1. The third kappa shape index (κ3) is 4.07. The predicted molar refractivity (Wildman–Crippen MR) is 82.0 cm³/mol. The van der Waals surface area contributed by atoms with Crippen molar-refractivity contribution in [3.05, 3.63) is 18.0 Å². The molecule has 0 fully saturated rings. The van der Waals surface area contributed by atoms with E-state index in [9.17, 15) is 8.42 Å². The maximum absolute atomic E-state index is 12.5. The first kappa shape index (κ1) is 17.2. The highest BCUT2D eigenvalue weighted by Crippen LogP contribution is 2.20. The van der Waals surface area contributed by atoms with Crippen molar-refractivity contribution < 1.29 is 8.42 Å². The van der Waals surface area contributed by atoms with E-state index in [1.54, 1.807) is 19.3 Å². The highest BCUT2D eigenvalue weighted by Gasteiger charge is 2.27. The van der Waals surface area contributed by atoms with Crippen LogP contribution in [0.2, 0.25) is 0 Å². The molecule has 0 saturated heterocycles. The molecule has 20 heavy (non-hydrogen) atoms. The van der Waals surface area contributed by atoms with Gasteiger partial charge in [-0.2, -0.15) is 4.31 Å². The standard InChI is InChI=1S/C14H27N3O2S/c1-10(2)12(5)17(6)20(18,19)14-7-13(16-9-14)8-15-11(3)4/h7,9-12,15-16H,8H2,1-6H3. The Morgan fingerprint density at radius 2 is 1.85 bits per heavy atom. The zero-order valence-electron chi connectivity index (χ0n) is 13.3. The van der Waals surface area contributed by atoms with E-state index in [1.165, 1.54) is 4.31 Å². The Balaban J connectivity index is 2.88. The van der Waals surface area contributed by atoms with Crippen LogP contribution in [0.1, 0.15) is 40.3 Å². The molecule has 116 valence electrons. The van der Waals surface area contributed by atoms with Crippen LogP contribution in [-0.4, -0.2) is 36.8 Å². The van der Waals surface area contributed by atoms with Crippen LogP contribution in [0, 0.1) is 5.92 Å². The fourth-order valence-corrected chi connectivity index (χ4v) is 3.30. The lowest BCUT2D eigenvalue weighted by molar-refractivity contribution is 0.316. The quantitative estimate of drug-likeness (QED) is 0.811. The molecule has 1 unspecified atom stereocenters. The van der Waals surface area contributed by atoms with Gasteiger partial charge in [0.2, 0.25) is 10.0 Å². The summed E-state index contributed by atoms with van der Waals surface area (Å²) in [5, 5.41) is 3.26. The second kappa shape index (κ2) is 6.74. The molecule has 0 amide bonds. The number of rotatable bonds is 7. The van der Waals surface area contributed by atoms with E-state index >= 15 is 0 Å². The van der Waals surface area contributed by atoms with Crippen LogP contribution < -0.4 is 5.32 Å². The smallest absolute Gasteiger partial charge is 0.244 e. The fraction of sp³-hybridized carbons (Fsp3) is 0.714. The summed E-state index contributed by atoms with van der Waals surface area (Å²) in [6.07, 6.45) is 1.57. The third-order valence-electron chi connectivity index (χ3n) is 3.63. The number of nitrogens with one attached hydrogen (secondary N) is 2. The first-order valence-corrected chi connectivity index (χ1v) is 8.49. The van der Waals surface area contributed by atoms with Crippen molar-refractivity contribution in [3.8, 4) is 0 Å². The van der Waals surface area contributed by atoms with Gasteiger partial charge in [0.15, 0.2) is 0 Å². The Morgan fingerprint density at radius 1 is 1.25 bits per heavy atom. The van der Waals surface area contributed by atoms with Crippen LogP contribution in [-0.2, 0) is 16.6 Å². The second-order valence-corrected chi connectivity index (χ2v) is 7.90. The number of aromatic nitrogens is 1. The molecule has 0 bridgehead atoms. The molecule has 5 nitrogen and oxygen atoms in total. The summed E-state index contributed by atoms with van der Waals surface area (Å²) in [5.74, 6) is 0.274. The van der Waals surface area contributed by atoms with Gasteiger partial charge in [-0.05, 0) is 18.9 Å². The molecule has 1 aromatic rings. The van der Waals surface area contributed by atoms with Gasteiger partial charge in [-0.1, -0.05) is 27.7 Å². The predicted octanol–water partition coefficient (Wildman–Crippen LogP) is 2.18. The molecule has 2 N–H and O–H groups in total. The van der Waals surface area contributed by atoms with E-state index < -0.39 is 10.0 Å². The SMILES string of the molecule is CC(C)NCc1cc(S(=O)(=O)N(C)C(C)C(C)C)c[nH]1. The molecule has 0 saturated carbocycles. The van der Waals surface area contributed by atoms with Gasteiger partial charge in [0.1, 0.15) is 0 Å². The van der Waals surface area contributed by atoms with Crippen molar-refractivity contribution in [2.45, 2.75) is 58.1 Å². The Bertz CT molecular complexity index is 520. The molecular weight excluding hydrogens is 274 g/mol. The van der Waals surface area contributed by atoms with Crippen LogP contribution >= 0.6 is 0 Å². The fourth-order valence-electron chi connectivity index (χ4n) is 1.79. The minimum atomic E-state index is -3.43. The highest BCUT2D eigenvalue weighted by molar-refractivity contribution is 7.89. The number of nitrogens with zero attached hydrogens (tertiary/aromatic N) is 1. The summed E-state index contributed by atoms with van der Waals surface area (Å²) in [4.78, 5) is 3.35. The van der Waals surface area contributed by atoms with Gasteiger partial charge in [-0.3, -0.25) is 0 Å². The topological polar surface area (TPSA) is 65.2 Å². The van der Waals surface area contributed by atoms with Gasteiger partial charge < -0.3 is 10.3 Å². The van der Waals surface area contributed by atoms with Crippen LogP contribution in [0.4, 0.5) is 0 Å². The van der Waals surface area contributed by atoms with Crippen molar-refractivity contribution in [2.24, 2.45) is 5.92 Å². The largest absolute Gasteiger partial charge is 0.363 e. The van der Waals surface area contributed by atoms with Gasteiger partial charge in [-0.15, -0.1) is 0 Å². The van der Waals surface area contributed by atoms with Crippen LogP contribution in [0.15, 0.2) is 17.2 Å². The van der Waals surface area contributed by atoms with Crippen molar-refractivity contribution in [2.75, 3.05) is 7.05 Å². The van der Waals surface area contributed by atoms with Gasteiger partial charge in [0, 0.05) is 37.6 Å². The first-order valence-electron chi connectivity index (χ1n) is 7.05. The summed E-state index contributed by atoms with van der Waals surface area (Å²) < 4.78 is 26.5. The summed E-state index contributed by atoms with van der Waals surface area (Å²) in [7, 11) is -1.79. The van der Waals surface area contributed by atoms with Gasteiger partial charge >= 0.3 is 0 Å². The first-order chi connectivity index (χ1) is 9.16. The molecule has 6 heteroatoms. The second-order valence-electron chi connectivity index (χ2n) is 5.90. The average molecular weight is 301 g/mol. The monoisotopic (exact) mass is 301 g/mol. The van der Waals surface area contributed by atoms with Crippen LogP contribution in [0.5, 0.6) is 0 Å². The average Bonchev–Trinajstić information content (AvgIpc) is 2.83.